The van der Waals surface area contributed by atoms with Gasteiger partial charge in [-0.3, -0.25) is 0 Å². The van der Waals surface area contributed by atoms with Crippen LogP contribution >= 0.6 is 0 Å². The number of aromatic nitrogens is 2. The summed E-state index contributed by atoms with van der Waals surface area (Å²) in [6, 6.07) is 5.93. The maximum absolute atomic E-state index is 5.62. The summed E-state index contributed by atoms with van der Waals surface area (Å²) in [6.07, 6.45) is 3.95. The highest BCUT2D eigenvalue weighted by Gasteiger charge is 2.21. The van der Waals surface area contributed by atoms with Crippen LogP contribution in [0.4, 0.5) is 0 Å². The molecular weight excluding hydrogens is 308 g/mol. The molecule has 1 aromatic heterocycles. The largest absolute Gasteiger partial charge is 0.493 e. The second-order valence-electron chi connectivity index (χ2n) is 6.18. The molecule has 0 spiro atoms. The van der Waals surface area contributed by atoms with Crippen molar-refractivity contribution >= 4 is 0 Å². The molecule has 6 heteroatoms. The van der Waals surface area contributed by atoms with Gasteiger partial charge in [0.1, 0.15) is 0 Å². The van der Waals surface area contributed by atoms with Gasteiger partial charge in [-0.1, -0.05) is 18.1 Å². The minimum Gasteiger partial charge on any atom is -0.493 e. The molecule has 130 valence electrons. The fourth-order valence-corrected chi connectivity index (χ4v) is 3.01. The molecule has 2 aromatic rings. The average molecular weight is 332 g/mol. The lowest BCUT2D eigenvalue weighted by atomic mass is 10.0. The molecule has 6 nitrogen and oxygen atoms in total. The van der Waals surface area contributed by atoms with Crippen molar-refractivity contribution in [1.82, 2.24) is 10.1 Å². The van der Waals surface area contributed by atoms with Crippen molar-refractivity contribution in [3.8, 4) is 11.5 Å². The normalized spacial score (nSPS) is 18.5. The molecule has 2 atom stereocenters. The van der Waals surface area contributed by atoms with Crippen LogP contribution in [0, 0.1) is 0 Å². The Morgan fingerprint density at radius 2 is 2.08 bits per heavy atom. The third-order valence-electron chi connectivity index (χ3n) is 4.33. The minimum absolute atomic E-state index is 0.133. The van der Waals surface area contributed by atoms with Crippen molar-refractivity contribution < 1.29 is 18.7 Å². The molecule has 1 aromatic carbocycles. The summed E-state index contributed by atoms with van der Waals surface area (Å²) < 4.78 is 21.7. The molecule has 2 heterocycles. The van der Waals surface area contributed by atoms with E-state index in [9.17, 15) is 0 Å². The van der Waals surface area contributed by atoms with E-state index in [-0.39, 0.29) is 12.0 Å². The Kier molecular flexibility index (Phi) is 5.35. The first-order valence-corrected chi connectivity index (χ1v) is 8.34. The van der Waals surface area contributed by atoms with Crippen LogP contribution in [-0.2, 0) is 17.6 Å². The van der Waals surface area contributed by atoms with Gasteiger partial charge in [0.15, 0.2) is 17.3 Å². The van der Waals surface area contributed by atoms with Gasteiger partial charge in [-0.25, -0.2) is 0 Å². The lowest BCUT2D eigenvalue weighted by Crippen LogP contribution is -2.10. The van der Waals surface area contributed by atoms with Crippen molar-refractivity contribution in [2.24, 2.45) is 0 Å². The Morgan fingerprint density at radius 3 is 2.79 bits per heavy atom. The van der Waals surface area contributed by atoms with Gasteiger partial charge < -0.3 is 18.7 Å². The summed E-state index contributed by atoms with van der Waals surface area (Å²) in [5, 5.41) is 4.09. The van der Waals surface area contributed by atoms with Crippen LogP contribution in [0.2, 0.25) is 0 Å². The molecule has 1 fully saturated rings. The van der Waals surface area contributed by atoms with Crippen LogP contribution in [0.25, 0.3) is 0 Å². The van der Waals surface area contributed by atoms with Crippen molar-refractivity contribution in [2.45, 2.75) is 44.6 Å². The van der Waals surface area contributed by atoms with Crippen LogP contribution < -0.4 is 9.47 Å². The first-order valence-electron chi connectivity index (χ1n) is 8.34. The zero-order valence-electron chi connectivity index (χ0n) is 14.4. The van der Waals surface area contributed by atoms with Gasteiger partial charge in [-0.05, 0) is 37.0 Å². The maximum atomic E-state index is 5.62. The monoisotopic (exact) mass is 332 g/mol. The van der Waals surface area contributed by atoms with E-state index in [0.29, 0.717) is 5.89 Å². The standard InChI is InChI=1S/C18H24N2O4/c1-12(9-13-6-7-15(21-2)16(10-13)22-3)18-19-17(20-24-18)11-14-5-4-8-23-14/h6-7,10,12,14H,4-5,8-9,11H2,1-3H3. The molecule has 0 N–H and O–H groups in total. The minimum atomic E-state index is 0.133. The fraction of sp³-hybridized carbons (Fsp3) is 0.556. The van der Waals surface area contributed by atoms with Crippen LogP contribution in [0.15, 0.2) is 22.7 Å². The summed E-state index contributed by atoms with van der Waals surface area (Å²) in [6.45, 7) is 2.92. The second kappa shape index (κ2) is 7.66. The van der Waals surface area contributed by atoms with E-state index < -0.39 is 0 Å². The summed E-state index contributed by atoms with van der Waals surface area (Å²) in [5.41, 5.74) is 1.14. The van der Waals surface area contributed by atoms with Crippen molar-refractivity contribution in [3.05, 3.63) is 35.5 Å². The molecule has 2 unspecified atom stereocenters. The number of hydrogen-bond acceptors (Lipinski definition) is 6. The molecule has 3 rings (SSSR count). The third kappa shape index (κ3) is 3.87. The van der Waals surface area contributed by atoms with E-state index in [1.54, 1.807) is 14.2 Å². The summed E-state index contributed by atoms with van der Waals surface area (Å²) in [7, 11) is 3.27. The van der Waals surface area contributed by atoms with E-state index in [1.807, 2.05) is 18.2 Å². The average Bonchev–Trinajstić information content (AvgIpc) is 3.27. The molecule has 24 heavy (non-hydrogen) atoms. The predicted molar refractivity (Wildman–Crippen MR) is 88.6 cm³/mol. The Hall–Kier alpha value is -2.08. The Morgan fingerprint density at radius 1 is 1.25 bits per heavy atom. The number of benzene rings is 1. The predicted octanol–water partition coefficient (Wildman–Crippen LogP) is 3.15. The van der Waals surface area contributed by atoms with Gasteiger partial charge in [0.25, 0.3) is 0 Å². The fourth-order valence-electron chi connectivity index (χ4n) is 3.01. The first-order chi connectivity index (χ1) is 11.7. The molecule has 0 amide bonds. The topological polar surface area (TPSA) is 66.6 Å². The van der Waals surface area contributed by atoms with Crippen LogP contribution in [0.1, 0.15) is 43.0 Å². The van der Waals surface area contributed by atoms with E-state index >= 15 is 0 Å². The number of ether oxygens (including phenoxy) is 3. The zero-order chi connectivity index (χ0) is 16.9. The van der Waals surface area contributed by atoms with Crippen LogP contribution in [-0.4, -0.2) is 37.1 Å². The lowest BCUT2D eigenvalue weighted by Gasteiger charge is -2.11. The Bertz CT molecular complexity index is 665. The molecule has 0 aliphatic carbocycles. The van der Waals surface area contributed by atoms with Gasteiger partial charge in [-0.2, -0.15) is 4.98 Å². The van der Waals surface area contributed by atoms with Gasteiger partial charge >= 0.3 is 0 Å². The van der Waals surface area contributed by atoms with E-state index in [2.05, 4.69) is 17.1 Å². The van der Waals surface area contributed by atoms with Gasteiger partial charge in [-0.15, -0.1) is 0 Å². The summed E-state index contributed by atoms with van der Waals surface area (Å²) >= 11 is 0. The van der Waals surface area contributed by atoms with Crippen LogP contribution in [0.3, 0.4) is 0 Å². The Labute approximate surface area is 142 Å². The highest BCUT2D eigenvalue weighted by molar-refractivity contribution is 5.43. The third-order valence-corrected chi connectivity index (χ3v) is 4.33. The molecule has 0 bridgehead atoms. The maximum Gasteiger partial charge on any atom is 0.229 e. The molecule has 1 saturated heterocycles. The first kappa shape index (κ1) is 16.8. The smallest absolute Gasteiger partial charge is 0.229 e. The molecule has 0 radical (unpaired) electrons. The molecule has 0 saturated carbocycles. The van der Waals surface area contributed by atoms with Gasteiger partial charge in [0.05, 0.1) is 20.3 Å². The van der Waals surface area contributed by atoms with Crippen molar-refractivity contribution in [1.29, 1.82) is 0 Å². The highest BCUT2D eigenvalue weighted by atomic mass is 16.5. The summed E-state index contributed by atoms with van der Waals surface area (Å²) in [5.74, 6) is 2.99. The number of hydrogen-bond donors (Lipinski definition) is 0. The van der Waals surface area contributed by atoms with Crippen molar-refractivity contribution in [3.63, 3.8) is 0 Å². The van der Waals surface area contributed by atoms with E-state index in [4.69, 9.17) is 18.7 Å². The van der Waals surface area contributed by atoms with Crippen LogP contribution in [0.5, 0.6) is 11.5 Å². The van der Waals surface area contributed by atoms with E-state index in [0.717, 1.165) is 55.2 Å². The number of methoxy groups -OCH3 is 2. The quantitative estimate of drug-likeness (QED) is 0.776. The second-order valence-corrected chi connectivity index (χ2v) is 6.18. The zero-order valence-corrected chi connectivity index (χ0v) is 14.4. The van der Waals surface area contributed by atoms with E-state index in [1.165, 1.54) is 0 Å². The number of rotatable bonds is 7. The molecule has 1 aliphatic rings. The SMILES string of the molecule is COc1ccc(CC(C)c2nc(CC3CCCO3)no2)cc1OC. The van der Waals surface area contributed by atoms with Crippen molar-refractivity contribution in [2.75, 3.05) is 20.8 Å². The van der Waals surface area contributed by atoms with Gasteiger partial charge in [0.2, 0.25) is 5.89 Å². The highest BCUT2D eigenvalue weighted by Crippen LogP contribution is 2.30. The Balaban J connectivity index is 1.64. The number of nitrogens with zero attached hydrogens (tertiary/aromatic N) is 2. The lowest BCUT2D eigenvalue weighted by molar-refractivity contribution is 0.109. The van der Waals surface area contributed by atoms with Gasteiger partial charge in [0, 0.05) is 18.9 Å². The molecular formula is C18H24N2O4. The summed E-state index contributed by atoms with van der Waals surface area (Å²) in [4.78, 5) is 4.53. The molecule has 1 aliphatic heterocycles.